The summed E-state index contributed by atoms with van der Waals surface area (Å²) in [5.74, 6) is 0.258. The van der Waals surface area contributed by atoms with Crippen LogP contribution in [0.15, 0.2) is 53.4 Å². The maximum Gasteiger partial charge on any atom is 0.243 e. The van der Waals surface area contributed by atoms with Gasteiger partial charge < -0.3 is 10.1 Å². The van der Waals surface area contributed by atoms with Gasteiger partial charge in [0.1, 0.15) is 5.75 Å². The predicted molar refractivity (Wildman–Crippen MR) is 116 cm³/mol. The van der Waals surface area contributed by atoms with Crippen LogP contribution in [-0.2, 0) is 20.2 Å². The summed E-state index contributed by atoms with van der Waals surface area (Å²) in [5.41, 5.74) is 1.34. The molecule has 1 heterocycles. The number of anilines is 1. The van der Waals surface area contributed by atoms with Crippen LogP contribution in [0.3, 0.4) is 0 Å². The highest BCUT2D eigenvalue weighted by Crippen LogP contribution is 2.47. The molecule has 1 saturated heterocycles. The first-order valence-corrected chi connectivity index (χ1v) is 11.8. The van der Waals surface area contributed by atoms with Gasteiger partial charge in [-0.15, -0.1) is 0 Å². The van der Waals surface area contributed by atoms with Gasteiger partial charge in [-0.1, -0.05) is 12.1 Å². The smallest absolute Gasteiger partial charge is 0.243 e. The van der Waals surface area contributed by atoms with Crippen molar-refractivity contribution in [3.8, 4) is 11.8 Å². The number of hydrogen-bond donors (Lipinski definition) is 1. The van der Waals surface area contributed by atoms with E-state index in [1.165, 1.54) is 23.5 Å². The number of nitrogens with one attached hydrogen (secondary N) is 1. The van der Waals surface area contributed by atoms with Crippen molar-refractivity contribution < 1.29 is 17.9 Å². The van der Waals surface area contributed by atoms with Crippen molar-refractivity contribution >= 4 is 21.6 Å². The van der Waals surface area contributed by atoms with E-state index in [2.05, 4.69) is 11.4 Å². The Bertz CT molecular complexity index is 1090. The molecule has 0 bridgehead atoms. The first kappa shape index (κ1) is 21.3. The predicted octanol–water partition coefficient (Wildman–Crippen LogP) is 3.29. The number of benzene rings is 2. The second-order valence-electron chi connectivity index (χ2n) is 8.11. The molecule has 0 unspecified atom stereocenters. The molecule has 2 aromatic carbocycles. The maximum absolute atomic E-state index is 12.9. The minimum atomic E-state index is -3.59. The Morgan fingerprint density at radius 2 is 1.71 bits per heavy atom. The molecule has 4 rings (SSSR count). The topological polar surface area (TPSA) is 99.5 Å². The fourth-order valence-electron chi connectivity index (χ4n) is 3.96. The number of nitriles is 1. The van der Waals surface area contributed by atoms with Crippen molar-refractivity contribution in [2.24, 2.45) is 5.92 Å². The van der Waals surface area contributed by atoms with E-state index in [1.54, 1.807) is 12.1 Å². The molecular weight excluding hydrogens is 414 g/mol. The number of carbonyl (C=O) groups excluding carboxylic acids is 1. The van der Waals surface area contributed by atoms with Crippen molar-refractivity contribution in [3.05, 3.63) is 54.1 Å². The molecule has 2 fully saturated rings. The summed E-state index contributed by atoms with van der Waals surface area (Å²) in [7, 11) is -2.06. The molecule has 1 saturated carbocycles. The Balaban J connectivity index is 1.34. The van der Waals surface area contributed by atoms with Crippen LogP contribution >= 0.6 is 0 Å². The molecule has 2 aliphatic rings. The zero-order chi connectivity index (χ0) is 22.1. The third-order valence-electron chi connectivity index (χ3n) is 6.19. The molecule has 1 aliphatic carbocycles. The Morgan fingerprint density at radius 3 is 2.23 bits per heavy atom. The molecule has 1 N–H and O–H groups in total. The van der Waals surface area contributed by atoms with Gasteiger partial charge in [-0.25, -0.2) is 8.42 Å². The zero-order valence-corrected chi connectivity index (χ0v) is 18.2. The largest absolute Gasteiger partial charge is 0.497 e. The number of ether oxygens (including phenoxy) is 1. The van der Waals surface area contributed by atoms with Gasteiger partial charge >= 0.3 is 0 Å². The number of methoxy groups -OCH3 is 1. The van der Waals surface area contributed by atoms with Crippen molar-refractivity contribution in [2.45, 2.75) is 36.0 Å². The lowest BCUT2D eigenvalue weighted by Gasteiger charge is -2.30. The Labute approximate surface area is 182 Å². The highest BCUT2D eigenvalue weighted by atomic mass is 32.2. The standard InChI is InChI=1S/C23H25N3O4S/c1-30-20-6-8-21(9-7-20)31(28,29)26-14-10-17(11-15-26)22(27)25-19-4-2-18(3-5-19)23(16-24)12-13-23/h2-9,17H,10-15H2,1H3,(H,25,27). The molecule has 0 aromatic heterocycles. The van der Waals surface area contributed by atoms with E-state index in [9.17, 15) is 18.5 Å². The monoisotopic (exact) mass is 439 g/mol. The SMILES string of the molecule is COc1ccc(S(=O)(=O)N2CCC(C(=O)Nc3ccc(C4(C#N)CC4)cc3)CC2)cc1. The van der Waals surface area contributed by atoms with Gasteiger partial charge in [0.25, 0.3) is 0 Å². The van der Waals surface area contributed by atoms with Crippen molar-refractivity contribution in [2.75, 3.05) is 25.5 Å². The number of carbonyl (C=O) groups is 1. The van der Waals surface area contributed by atoms with E-state index in [0.29, 0.717) is 37.4 Å². The average Bonchev–Trinajstić information content (AvgIpc) is 3.61. The van der Waals surface area contributed by atoms with Gasteiger partial charge in [0.05, 0.1) is 23.5 Å². The van der Waals surface area contributed by atoms with Crippen LogP contribution in [-0.4, -0.2) is 38.8 Å². The summed E-state index contributed by atoms with van der Waals surface area (Å²) in [6, 6.07) is 16.1. The molecule has 31 heavy (non-hydrogen) atoms. The number of nitrogens with zero attached hydrogens (tertiary/aromatic N) is 2. The third-order valence-corrected chi connectivity index (χ3v) is 8.10. The molecule has 0 spiro atoms. The molecule has 162 valence electrons. The lowest BCUT2D eigenvalue weighted by atomic mass is 9.96. The zero-order valence-electron chi connectivity index (χ0n) is 17.4. The fraction of sp³-hybridized carbons (Fsp3) is 0.391. The molecule has 0 atom stereocenters. The molecule has 8 heteroatoms. The fourth-order valence-corrected chi connectivity index (χ4v) is 5.43. The van der Waals surface area contributed by atoms with Gasteiger partial charge in [0.15, 0.2) is 0 Å². The van der Waals surface area contributed by atoms with Crippen molar-refractivity contribution in [1.82, 2.24) is 4.31 Å². The number of sulfonamides is 1. The van der Waals surface area contributed by atoms with E-state index in [4.69, 9.17) is 4.74 Å². The van der Waals surface area contributed by atoms with Crippen LogP contribution in [0, 0.1) is 17.2 Å². The van der Waals surface area contributed by atoms with E-state index in [0.717, 1.165) is 18.4 Å². The van der Waals surface area contributed by atoms with E-state index < -0.39 is 10.0 Å². The molecule has 1 amide bonds. The summed E-state index contributed by atoms with van der Waals surface area (Å²) in [6.45, 7) is 0.603. The van der Waals surface area contributed by atoms with Gasteiger partial charge in [0, 0.05) is 24.7 Å². The van der Waals surface area contributed by atoms with Crippen LogP contribution in [0.4, 0.5) is 5.69 Å². The lowest BCUT2D eigenvalue weighted by Crippen LogP contribution is -2.41. The normalized spacial score (nSPS) is 18.7. The summed E-state index contributed by atoms with van der Waals surface area (Å²) in [4.78, 5) is 12.9. The second-order valence-corrected chi connectivity index (χ2v) is 10.1. The summed E-state index contributed by atoms with van der Waals surface area (Å²) >= 11 is 0. The quantitative estimate of drug-likeness (QED) is 0.745. The van der Waals surface area contributed by atoms with Crippen molar-refractivity contribution in [1.29, 1.82) is 5.26 Å². The van der Waals surface area contributed by atoms with Crippen LogP contribution in [0.5, 0.6) is 5.75 Å². The average molecular weight is 440 g/mol. The van der Waals surface area contributed by atoms with Crippen LogP contribution in [0.25, 0.3) is 0 Å². The number of piperidine rings is 1. The number of hydrogen-bond acceptors (Lipinski definition) is 5. The minimum absolute atomic E-state index is 0.101. The highest BCUT2D eigenvalue weighted by Gasteiger charge is 2.44. The van der Waals surface area contributed by atoms with Gasteiger partial charge in [-0.05, 0) is 67.6 Å². The first-order chi connectivity index (χ1) is 14.9. The summed E-state index contributed by atoms with van der Waals surface area (Å²) in [6.07, 6.45) is 2.70. The van der Waals surface area contributed by atoms with Gasteiger partial charge in [-0.2, -0.15) is 9.57 Å². The molecule has 2 aromatic rings. The molecule has 1 aliphatic heterocycles. The third kappa shape index (κ3) is 4.29. The number of amides is 1. The number of rotatable bonds is 6. The first-order valence-electron chi connectivity index (χ1n) is 10.3. The highest BCUT2D eigenvalue weighted by molar-refractivity contribution is 7.89. The lowest BCUT2D eigenvalue weighted by molar-refractivity contribution is -0.120. The van der Waals surface area contributed by atoms with E-state index in [-0.39, 0.29) is 22.1 Å². The second kappa shape index (κ2) is 8.33. The van der Waals surface area contributed by atoms with Crippen LogP contribution < -0.4 is 10.1 Å². The van der Waals surface area contributed by atoms with E-state index in [1.807, 2.05) is 24.3 Å². The summed E-state index contributed by atoms with van der Waals surface area (Å²) in [5, 5.41) is 12.2. The van der Waals surface area contributed by atoms with Gasteiger partial charge in [-0.3, -0.25) is 4.79 Å². The molecular formula is C23H25N3O4S. The molecule has 7 nitrogen and oxygen atoms in total. The minimum Gasteiger partial charge on any atom is -0.497 e. The summed E-state index contributed by atoms with van der Waals surface area (Å²) < 4.78 is 32.2. The Morgan fingerprint density at radius 1 is 1.10 bits per heavy atom. The van der Waals surface area contributed by atoms with Crippen LogP contribution in [0.2, 0.25) is 0 Å². The maximum atomic E-state index is 12.9. The van der Waals surface area contributed by atoms with Gasteiger partial charge in [0.2, 0.25) is 15.9 Å². The van der Waals surface area contributed by atoms with E-state index >= 15 is 0 Å². The Kier molecular flexibility index (Phi) is 5.73. The molecule has 0 radical (unpaired) electrons. The van der Waals surface area contributed by atoms with Crippen LogP contribution in [0.1, 0.15) is 31.2 Å². The van der Waals surface area contributed by atoms with Crippen molar-refractivity contribution in [3.63, 3.8) is 0 Å². The Hall–Kier alpha value is -2.89.